The summed E-state index contributed by atoms with van der Waals surface area (Å²) in [6.45, 7) is 9.30. The van der Waals surface area contributed by atoms with E-state index in [0.29, 0.717) is 40.3 Å². The van der Waals surface area contributed by atoms with Crippen LogP contribution in [0.1, 0.15) is 45.4 Å². The highest BCUT2D eigenvalue weighted by atomic mass is 35.5. The Hall–Kier alpha value is -2.85. The smallest absolute Gasteiger partial charge is 0.229 e. The number of aromatic nitrogens is 6. The molecule has 3 aromatic rings. The Kier molecular flexibility index (Phi) is 7.89. The molecule has 0 amide bonds. The number of halogens is 2. The molecular formula is C23H31ClFN9. The highest BCUT2D eigenvalue weighted by molar-refractivity contribution is 6.32. The number of tetrazole rings is 1. The van der Waals surface area contributed by atoms with Crippen LogP contribution in [0.25, 0.3) is 5.69 Å². The lowest BCUT2D eigenvalue weighted by atomic mass is 9.91. The first-order chi connectivity index (χ1) is 16.5. The van der Waals surface area contributed by atoms with Crippen molar-refractivity contribution in [1.82, 2.24) is 35.1 Å². The quantitative estimate of drug-likeness (QED) is 0.451. The number of benzene rings is 1. The molecule has 0 bridgehead atoms. The summed E-state index contributed by atoms with van der Waals surface area (Å²) >= 11 is 6.38. The predicted molar refractivity (Wildman–Crippen MR) is 131 cm³/mol. The maximum Gasteiger partial charge on any atom is 0.229 e. The van der Waals surface area contributed by atoms with Gasteiger partial charge in [-0.05, 0) is 73.8 Å². The molecule has 3 heterocycles. The van der Waals surface area contributed by atoms with Gasteiger partial charge in [-0.15, -0.1) is 5.10 Å². The second kappa shape index (κ2) is 11.1. The Labute approximate surface area is 204 Å². The molecule has 11 heteroatoms. The van der Waals surface area contributed by atoms with Gasteiger partial charge in [0.2, 0.25) is 5.95 Å². The lowest BCUT2D eigenvalue weighted by Gasteiger charge is -2.39. The zero-order valence-corrected chi connectivity index (χ0v) is 20.6. The number of nitrogens with one attached hydrogen (secondary N) is 2. The first-order valence-electron chi connectivity index (χ1n) is 11.8. The number of likely N-dealkylation sites (tertiary alicyclic amines) is 1. The van der Waals surface area contributed by atoms with Crippen molar-refractivity contribution >= 4 is 29.1 Å². The minimum absolute atomic E-state index is 0.234. The van der Waals surface area contributed by atoms with Crippen LogP contribution in [0.15, 0.2) is 24.4 Å². The molecule has 2 N–H and O–H groups in total. The van der Waals surface area contributed by atoms with Crippen molar-refractivity contribution < 1.29 is 4.39 Å². The van der Waals surface area contributed by atoms with Gasteiger partial charge in [0.05, 0.1) is 6.20 Å². The van der Waals surface area contributed by atoms with Crippen LogP contribution in [0.2, 0.25) is 5.02 Å². The number of piperidine rings is 1. The Bertz CT molecular complexity index is 1100. The summed E-state index contributed by atoms with van der Waals surface area (Å²) in [7, 11) is 0. The fourth-order valence-electron chi connectivity index (χ4n) is 4.51. The second-order valence-electron chi connectivity index (χ2n) is 8.78. The summed E-state index contributed by atoms with van der Waals surface area (Å²) in [5.74, 6) is 1.43. The highest BCUT2D eigenvalue weighted by Crippen LogP contribution is 2.27. The lowest BCUT2D eigenvalue weighted by molar-refractivity contribution is 0.110. The number of anilines is 3. The Morgan fingerprint density at radius 2 is 2.15 bits per heavy atom. The minimum Gasteiger partial charge on any atom is -0.368 e. The molecule has 9 nitrogen and oxygen atoms in total. The van der Waals surface area contributed by atoms with Gasteiger partial charge in [-0.1, -0.05) is 31.9 Å². The monoisotopic (exact) mass is 487 g/mol. The molecular weight excluding hydrogens is 457 g/mol. The van der Waals surface area contributed by atoms with Crippen LogP contribution in [0.4, 0.5) is 21.8 Å². The third-order valence-corrected chi connectivity index (χ3v) is 6.50. The fourth-order valence-corrected chi connectivity index (χ4v) is 4.67. The van der Waals surface area contributed by atoms with Crippen molar-refractivity contribution in [3.8, 4) is 5.69 Å². The Balaban J connectivity index is 1.45. The van der Waals surface area contributed by atoms with E-state index in [4.69, 9.17) is 11.6 Å². The molecule has 0 saturated carbocycles. The number of nitrogens with zero attached hydrogens (tertiary/aromatic N) is 7. The number of hydrogen-bond donors (Lipinski definition) is 2. The molecule has 0 spiro atoms. The minimum atomic E-state index is -0.436. The van der Waals surface area contributed by atoms with Crippen molar-refractivity contribution in [3.63, 3.8) is 0 Å². The van der Waals surface area contributed by atoms with Crippen molar-refractivity contribution in [1.29, 1.82) is 0 Å². The van der Waals surface area contributed by atoms with Gasteiger partial charge >= 0.3 is 0 Å². The van der Waals surface area contributed by atoms with E-state index >= 15 is 0 Å². The molecule has 1 fully saturated rings. The van der Waals surface area contributed by atoms with Crippen LogP contribution in [0, 0.1) is 18.7 Å². The van der Waals surface area contributed by atoms with Crippen LogP contribution in [0.5, 0.6) is 0 Å². The van der Waals surface area contributed by atoms with Crippen molar-refractivity contribution in [2.24, 2.45) is 5.92 Å². The van der Waals surface area contributed by atoms with E-state index in [2.05, 4.69) is 54.9 Å². The molecule has 0 unspecified atom stereocenters. The van der Waals surface area contributed by atoms with Gasteiger partial charge in [0.25, 0.3) is 0 Å². The molecule has 1 aliphatic rings. The van der Waals surface area contributed by atoms with Gasteiger partial charge in [-0.2, -0.15) is 9.67 Å². The molecule has 1 aromatic carbocycles. The van der Waals surface area contributed by atoms with Gasteiger partial charge in [-0.3, -0.25) is 0 Å². The molecule has 2 aromatic heterocycles. The predicted octanol–water partition coefficient (Wildman–Crippen LogP) is 4.61. The van der Waals surface area contributed by atoms with E-state index in [9.17, 15) is 4.39 Å². The molecule has 0 radical (unpaired) electrons. The van der Waals surface area contributed by atoms with E-state index in [-0.39, 0.29) is 5.69 Å². The molecule has 34 heavy (non-hydrogen) atoms. The molecule has 1 aliphatic heterocycles. The summed E-state index contributed by atoms with van der Waals surface area (Å²) in [4.78, 5) is 11.4. The summed E-state index contributed by atoms with van der Waals surface area (Å²) in [6, 6.07) is 5.13. The standard InChI is InChI=1S/C23H31ClFN9/c1-4-10-33-11-6-5-7-20(33)15(2)13-26-22-18(24)14-27-23(29-22)28-17-8-9-19(25)21(12-17)34-16(3)30-31-32-34/h8-9,12,14-15,20H,4-7,10-11,13H2,1-3H3,(H2,26,27,28,29)/t15-,20+/m0/s1. The van der Waals surface area contributed by atoms with E-state index in [1.165, 1.54) is 43.0 Å². The summed E-state index contributed by atoms with van der Waals surface area (Å²) in [6.07, 6.45) is 6.51. The van der Waals surface area contributed by atoms with E-state index in [1.807, 2.05) is 0 Å². The normalized spacial score (nSPS) is 17.5. The third kappa shape index (κ3) is 5.61. The molecule has 182 valence electrons. The third-order valence-electron chi connectivity index (χ3n) is 6.22. The molecule has 4 rings (SSSR count). The summed E-state index contributed by atoms with van der Waals surface area (Å²) in [5, 5.41) is 18.2. The van der Waals surface area contributed by atoms with Crippen molar-refractivity contribution in [2.75, 3.05) is 30.3 Å². The van der Waals surface area contributed by atoms with Crippen LogP contribution < -0.4 is 10.6 Å². The average Bonchev–Trinajstić information content (AvgIpc) is 3.26. The van der Waals surface area contributed by atoms with E-state index < -0.39 is 5.82 Å². The summed E-state index contributed by atoms with van der Waals surface area (Å²) in [5.41, 5.74) is 0.836. The highest BCUT2D eigenvalue weighted by Gasteiger charge is 2.26. The van der Waals surface area contributed by atoms with Crippen LogP contribution in [-0.2, 0) is 0 Å². The van der Waals surface area contributed by atoms with Crippen LogP contribution in [0.3, 0.4) is 0 Å². The van der Waals surface area contributed by atoms with Gasteiger partial charge < -0.3 is 15.5 Å². The lowest BCUT2D eigenvalue weighted by Crippen LogP contribution is -2.45. The average molecular weight is 488 g/mol. The Morgan fingerprint density at radius 1 is 1.29 bits per heavy atom. The largest absolute Gasteiger partial charge is 0.368 e. The second-order valence-corrected chi connectivity index (χ2v) is 9.18. The van der Waals surface area contributed by atoms with Crippen LogP contribution >= 0.6 is 11.6 Å². The topological polar surface area (TPSA) is 96.7 Å². The van der Waals surface area contributed by atoms with Crippen molar-refractivity contribution in [2.45, 2.75) is 52.5 Å². The van der Waals surface area contributed by atoms with Gasteiger partial charge in [0.15, 0.2) is 11.6 Å². The number of hydrogen-bond acceptors (Lipinski definition) is 8. The maximum atomic E-state index is 14.4. The fraction of sp³-hybridized carbons (Fsp3) is 0.522. The van der Waals surface area contributed by atoms with Gasteiger partial charge in [0.1, 0.15) is 16.5 Å². The van der Waals surface area contributed by atoms with Crippen LogP contribution in [-0.4, -0.2) is 60.8 Å². The zero-order valence-electron chi connectivity index (χ0n) is 19.8. The zero-order chi connectivity index (χ0) is 24.1. The summed E-state index contributed by atoms with van der Waals surface area (Å²) < 4.78 is 15.7. The maximum absolute atomic E-state index is 14.4. The van der Waals surface area contributed by atoms with E-state index in [0.717, 1.165) is 13.1 Å². The van der Waals surface area contributed by atoms with Gasteiger partial charge in [0, 0.05) is 18.3 Å². The molecule has 1 saturated heterocycles. The first-order valence-corrected chi connectivity index (χ1v) is 12.2. The van der Waals surface area contributed by atoms with E-state index in [1.54, 1.807) is 25.3 Å². The molecule has 0 aliphatic carbocycles. The number of rotatable bonds is 9. The first kappa shape index (κ1) is 24.3. The van der Waals surface area contributed by atoms with Crippen molar-refractivity contribution in [3.05, 3.63) is 41.1 Å². The molecule has 2 atom stereocenters. The van der Waals surface area contributed by atoms with Gasteiger partial charge in [-0.25, -0.2) is 9.37 Å². The Morgan fingerprint density at radius 3 is 2.91 bits per heavy atom. The SMILES string of the molecule is CCCN1CCCC[C@@H]1[C@@H](C)CNc1nc(Nc2ccc(F)c(-n3nnnc3C)c2)ncc1Cl. The number of aryl methyl sites for hydroxylation is 1.